The van der Waals surface area contributed by atoms with Gasteiger partial charge in [-0.3, -0.25) is 4.98 Å². The number of hydrogen-bond acceptors (Lipinski definition) is 5. The van der Waals surface area contributed by atoms with Crippen LogP contribution >= 0.6 is 11.6 Å². The van der Waals surface area contributed by atoms with E-state index >= 15 is 0 Å². The highest BCUT2D eigenvalue weighted by Crippen LogP contribution is 2.33. The van der Waals surface area contributed by atoms with E-state index in [1.54, 1.807) is 12.4 Å². The lowest BCUT2D eigenvalue weighted by Gasteiger charge is -2.18. The van der Waals surface area contributed by atoms with Crippen LogP contribution in [0.2, 0.25) is 5.02 Å². The summed E-state index contributed by atoms with van der Waals surface area (Å²) >= 11 is 6.15. The minimum absolute atomic E-state index is 0.287. The van der Waals surface area contributed by atoms with Crippen LogP contribution in [0.15, 0.2) is 23.0 Å². The highest BCUT2D eigenvalue weighted by atomic mass is 35.5. The summed E-state index contributed by atoms with van der Waals surface area (Å²) in [6, 6.07) is 1.93. The van der Waals surface area contributed by atoms with Crippen LogP contribution in [0, 0.1) is 6.92 Å². The fourth-order valence-electron chi connectivity index (χ4n) is 2.28. The lowest BCUT2D eigenvalue weighted by atomic mass is 10.1. The number of rotatable bonds is 2. The van der Waals surface area contributed by atoms with Crippen molar-refractivity contribution < 1.29 is 4.52 Å². The summed E-state index contributed by atoms with van der Waals surface area (Å²) in [5.74, 6) is 1.70. The predicted octanol–water partition coefficient (Wildman–Crippen LogP) is 2.42. The maximum absolute atomic E-state index is 6.15. The smallest absolute Gasteiger partial charge is 0.231 e. The Morgan fingerprint density at radius 1 is 1.50 bits per heavy atom. The van der Waals surface area contributed by atoms with Crippen molar-refractivity contribution in [3.63, 3.8) is 0 Å². The van der Waals surface area contributed by atoms with Crippen LogP contribution in [0.25, 0.3) is 0 Å². The molecular formula is C12H13ClN4O. The van der Waals surface area contributed by atoms with E-state index in [2.05, 4.69) is 20.0 Å². The Morgan fingerprint density at radius 3 is 3.11 bits per heavy atom. The third-order valence-corrected chi connectivity index (χ3v) is 3.46. The van der Waals surface area contributed by atoms with Gasteiger partial charge in [-0.1, -0.05) is 16.8 Å². The maximum Gasteiger partial charge on any atom is 0.231 e. The Labute approximate surface area is 110 Å². The van der Waals surface area contributed by atoms with E-state index in [1.807, 2.05) is 13.0 Å². The van der Waals surface area contributed by atoms with Gasteiger partial charge in [0, 0.05) is 25.5 Å². The van der Waals surface area contributed by atoms with E-state index < -0.39 is 0 Å². The van der Waals surface area contributed by atoms with Crippen molar-refractivity contribution in [3.05, 3.63) is 35.2 Å². The highest BCUT2D eigenvalue weighted by molar-refractivity contribution is 6.33. The molecule has 1 fully saturated rings. The molecule has 94 valence electrons. The Bertz CT molecular complexity index is 557. The standard InChI is InChI=1S/C12H13ClN4O/c1-8-15-12(18-16-8)9-3-5-17(7-9)11-2-4-14-6-10(11)13/h2,4,6,9H,3,5,7H2,1H3. The van der Waals surface area contributed by atoms with Crippen molar-refractivity contribution in [3.8, 4) is 0 Å². The lowest BCUT2D eigenvalue weighted by Crippen LogP contribution is -2.19. The highest BCUT2D eigenvalue weighted by Gasteiger charge is 2.29. The second kappa shape index (κ2) is 4.57. The molecule has 18 heavy (non-hydrogen) atoms. The van der Waals surface area contributed by atoms with Crippen molar-refractivity contribution in [2.24, 2.45) is 0 Å². The van der Waals surface area contributed by atoms with Crippen molar-refractivity contribution in [1.82, 2.24) is 15.1 Å². The van der Waals surface area contributed by atoms with Crippen molar-refractivity contribution in [2.45, 2.75) is 19.3 Å². The summed E-state index contributed by atoms with van der Waals surface area (Å²) in [4.78, 5) is 10.5. The quantitative estimate of drug-likeness (QED) is 0.834. The summed E-state index contributed by atoms with van der Waals surface area (Å²) in [5.41, 5.74) is 1.02. The molecule has 1 aliphatic heterocycles. The van der Waals surface area contributed by atoms with Gasteiger partial charge in [0.2, 0.25) is 5.89 Å². The van der Waals surface area contributed by atoms with Gasteiger partial charge in [-0.25, -0.2) is 0 Å². The molecule has 2 aromatic heterocycles. The third kappa shape index (κ3) is 2.06. The molecule has 5 nitrogen and oxygen atoms in total. The molecule has 6 heteroatoms. The molecule has 0 bridgehead atoms. The molecule has 1 unspecified atom stereocenters. The van der Waals surface area contributed by atoms with Crippen molar-refractivity contribution in [2.75, 3.05) is 18.0 Å². The molecule has 1 atom stereocenters. The van der Waals surface area contributed by atoms with E-state index in [0.717, 1.165) is 31.1 Å². The number of anilines is 1. The van der Waals surface area contributed by atoms with Crippen molar-refractivity contribution >= 4 is 17.3 Å². The molecule has 3 heterocycles. The van der Waals surface area contributed by atoms with Crippen LogP contribution in [-0.2, 0) is 0 Å². The molecule has 0 aromatic carbocycles. The monoisotopic (exact) mass is 264 g/mol. The average Bonchev–Trinajstić information content (AvgIpc) is 2.98. The molecule has 0 aliphatic carbocycles. The van der Waals surface area contributed by atoms with E-state index in [4.69, 9.17) is 16.1 Å². The summed E-state index contributed by atoms with van der Waals surface area (Å²) in [6.45, 7) is 3.63. The Hall–Kier alpha value is -1.62. The third-order valence-electron chi connectivity index (χ3n) is 3.17. The molecule has 0 saturated carbocycles. The van der Waals surface area contributed by atoms with Gasteiger partial charge in [0.1, 0.15) is 0 Å². The van der Waals surface area contributed by atoms with Gasteiger partial charge < -0.3 is 9.42 Å². The zero-order chi connectivity index (χ0) is 12.5. The zero-order valence-corrected chi connectivity index (χ0v) is 10.8. The van der Waals surface area contributed by atoms with E-state index in [0.29, 0.717) is 10.8 Å². The number of aromatic nitrogens is 3. The molecule has 0 N–H and O–H groups in total. The van der Waals surface area contributed by atoms with Crippen LogP contribution < -0.4 is 4.90 Å². The van der Waals surface area contributed by atoms with Gasteiger partial charge in [0.15, 0.2) is 5.82 Å². The molecule has 0 radical (unpaired) electrons. The molecule has 0 spiro atoms. The molecular weight excluding hydrogens is 252 g/mol. The molecule has 1 aliphatic rings. The average molecular weight is 265 g/mol. The van der Waals surface area contributed by atoms with Crippen LogP contribution in [0.1, 0.15) is 24.1 Å². The zero-order valence-electron chi connectivity index (χ0n) is 10.0. The second-order valence-electron chi connectivity index (χ2n) is 4.44. The van der Waals surface area contributed by atoms with E-state index in [1.165, 1.54) is 0 Å². The number of pyridine rings is 1. The van der Waals surface area contributed by atoms with Gasteiger partial charge in [0.25, 0.3) is 0 Å². The van der Waals surface area contributed by atoms with Crippen LogP contribution in [-0.4, -0.2) is 28.2 Å². The van der Waals surface area contributed by atoms with Gasteiger partial charge in [-0.15, -0.1) is 0 Å². The maximum atomic E-state index is 6.15. The largest absolute Gasteiger partial charge is 0.369 e. The van der Waals surface area contributed by atoms with Crippen LogP contribution in [0.5, 0.6) is 0 Å². The number of halogens is 1. The normalized spacial score (nSPS) is 19.4. The van der Waals surface area contributed by atoms with Crippen LogP contribution in [0.4, 0.5) is 5.69 Å². The molecule has 1 saturated heterocycles. The summed E-state index contributed by atoms with van der Waals surface area (Å²) in [6.07, 6.45) is 4.42. The first-order chi connectivity index (χ1) is 8.74. The number of hydrogen-bond donors (Lipinski definition) is 0. The van der Waals surface area contributed by atoms with Gasteiger partial charge in [-0.2, -0.15) is 4.98 Å². The predicted molar refractivity (Wildman–Crippen MR) is 67.9 cm³/mol. The Kier molecular flexibility index (Phi) is 2.91. The fraction of sp³-hybridized carbons (Fsp3) is 0.417. The number of nitrogens with zero attached hydrogens (tertiary/aromatic N) is 4. The van der Waals surface area contributed by atoms with Crippen LogP contribution in [0.3, 0.4) is 0 Å². The molecule has 2 aromatic rings. The van der Waals surface area contributed by atoms with Gasteiger partial charge in [-0.05, 0) is 19.4 Å². The van der Waals surface area contributed by atoms with Crippen molar-refractivity contribution in [1.29, 1.82) is 0 Å². The Balaban J connectivity index is 1.78. The van der Waals surface area contributed by atoms with Gasteiger partial charge >= 0.3 is 0 Å². The molecule has 0 amide bonds. The second-order valence-corrected chi connectivity index (χ2v) is 4.85. The minimum atomic E-state index is 0.287. The summed E-state index contributed by atoms with van der Waals surface area (Å²) in [7, 11) is 0. The lowest BCUT2D eigenvalue weighted by molar-refractivity contribution is 0.356. The SMILES string of the molecule is Cc1noc(C2CCN(c3ccncc3Cl)C2)n1. The molecule has 3 rings (SSSR count). The number of aryl methyl sites for hydroxylation is 1. The minimum Gasteiger partial charge on any atom is -0.369 e. The topological polar surface area (TPSA) is 55.1 Å². The fourth-order valence-corrected chi connectivity index (χ4v) is 2.52. The first-order valence-electron chi connectivity index (χ1n) is 5.88. The first kappa shape index (κ1) is 11.5. The van der Waals surface area contributed by atoms with Gasteiger partial charge in [0.05, 0.1) is 16.6 Å². The Morgan fingerprint density at radius 2 is 2.39 bits per heavy atom. The van der Waals surface area contributed by atoms with E-state index in [9.17, 15) is 0 Å². The first-order valence-corrected chi connectivity index (χ1v) is 6.26. The summed E-state index contributed by atoms with van der Waals surface area (Å²) in [5, 5.41) is 4.52. The van der Waals surface area contributed by atoms with E-state index in [-0.39, 0.29) is 5.92 Å². The summed E-state index contributed by atoms with van der Waals surface area (Å²) < 4.78 is 5.23.